The molecule has 1 heterocycles. The highest BCUT2D eigenvalue weighted by atomic mass is 35.5. The Labute approximate surface area is 219 Å². The lowest BCUT2D eigenvalue weighted by atomic mass is 10.2. The number of hydrogen-bond donors (Lipinski definition) is 1. The van der Waals surface area contributed by atoms with E-state index in [1.165, 1.54) is 30.3 Å². The molecule has 10 heteroatoms. The van der Waals surface area contributed by atoms with Crippen molar-refractivity contribution >= 4 is 45.1 Å². The van der Waals surface area contributed by atoms with Crippen LogP contribution < -0.4 is 5.32 Å². The van der Waals surface area contributed by atoms with Gasteiger partial charge in [-0.1, -0.05) is 65.7 Å². The molecule has 7 nitrogen and oxygen atoms in total. The lowest BCUT2D eigenvalue weighted by Crippen LogP contribution is -2.38. The molecule has 0 fully saturated rings. The molecule has 1 aromatic heterocycles. The summed E-state index contributed by atoms with van der Waals surface area (Å²) in [6, 6.07) is 22.3. The van der Waals surface area contributed by atoms with Crippen LogP contribution in [0.5, 0.6) is 0 Å². The van der Waals surface area contributed by atoms with Crippen molar-refractivity contribution in [3.8, 4) is 16.9 Å². The highest BCUT2D eigenvalue weighted by molar-refractivity contribution is 7.89. The van der Waals surface area contributed by atoms with Crippen LogP contribution in [0.2, 0.25) is 10.0 Å². The molecule has 184 valence electrons. The van der Waals surface area contributed by atoms with Gasteiger partial charge in [0.2, 0.25) is 21.9 Å². The molecule has 0 saturated carbocycles. The Kier molecular flexibility index (Phi) is 7.91. The number of carbonyl (C=O) groups excluding carboxylic acids is 1. The standard InChI is InChI=1S/C26H22Cl2N4O3S/c1-2-15-31(36(34,35)23-13-11-20(27)12-14-23)18-25(33)30-26-29-24(19-7-4-3-5-8-19)17-32(26)22-10-6-9-21(28)16-22/h2-14,16-17H,1,15,18H2,(H,29,30,33). The van der Waals surface area contributed by atoms with E-state index in [0.29, 0.717) is 21.4 Å². The van der Waals surface area contributed by atoms with E-state index in [9.17, 15) is 13.2 Å². The lowest BCUT2D eigenvalue weighted by molar-refractivity contribution is -0.116. The fourth-order valence-electron chi connectivity index (χ4n) is 3.51. The summed E-state index contributed by atoms with van der Waals surface area (Å²) >= 11 is 12.1. The number of halogens is 2. The minimum Gasteiger partial charge on any atom is -0.294 e. The molecule has 0 unspecified atom stereocenters. The molecule has 36 heavy (non-hydrogen) atoms. The van der Waals surface area contributed by atoms with Crippen LogP contribution in [-0.2, 0) is 14.8 Å². The van der Waals surface area contributed by atoms with Gasteiger partial charge in [-0.25, -0.2) is 13.4 Å². The average molecular weight is 541 g/mol. The molecule has 0 atom stereocenters. The van der Waals surface area contributed by atoms with Crippen LogP contribution in [0.25, 0.3) is 16.9 Å². The lowest BCUT2D eigenvalue weighted by Gasteiger charge is -2.20. The molecule has 0 saturated heterocycles. The molecular formula is C26H22Cl2N4O3S. The summed E-state index contributed by atoms with van der Waals surface area (Å²) in [5.74, 6) is -0.341. The number of amides is 1. The summed E-state index contributed by atoms with van der Waals surface area (Å²) in [7, 11) is -3.98. The molecule has 0 aliphatic carbocycles. The van der Waals surface area contributed by atoms with E-state index in [1.807, 2.05) is 36.4 Å². The van der Waals surface area contributed by atoms with Gasteiger partial charge in [0.1, 0.15) is 0 Å². The van der Waals surface area contributed by atoms with Gasteiger partial charge in [0.05, 0.1) is 17.1 Å². The van der Waals surface area contributed by atoms with Gasteiger partial charge in [-0.05, 0) is 42.5 Å². The minimum absolute atomic E-state index is 0.0216. The summed E-state index contributed by atoms with van der Waals surface area (Å²) < 4.78 is 29.0. The van der Waals surface area contributed by atoms with E-state index < -0.39 is 22.5 Å². The van der Waals surface area contributed by atoms with Crippen LogP contribution in [0.4, 0.5) is 5.95 Å². The first-order valence-corrected chi connectivity index (χ1v) is 13.0. The SMILES string of the molecule is C=CCN(CC(=O)Nc1nc(-c2ccccc2)cn1-c1cccc(Cl)c1)S(=O)(=O)c1ccc(Cl)cc1. The number of aromatic nitrogens is 2. The van der Waals surface area contributed by atoms with Crippen molar-refractivity contribution in [3.05, 3.63) is 108 Å². The van der Waals surface area contributed by atoms with Crippen molar-refractivity contribution in [3.63, 3.8) is 0 Å². The van der Waals surface area contributed by atoms with Gasteiger partial charge in [0.25, 0.3) is 0 Å². The average Bonchev–Trinajstić information content (AvgIpc) is 3.28. The first kappa shape index (κ1) is 25.7. The van der Waals surface area contributed by atoms with Crippen molar-refractivity contribution in [2.45, 2.75) is 4.90 Å². The van der Waals surface area contributed by atoms with Crippen molar-refractivity contribution in [2.24, 2.45) is 0 Å². The van der Waals surface area contributed by atoms with Crippen molar-refractivity contribution < 1.29 is 13.2 Å². The fraction of sp³-hybridized carbons (Fsp3) is 0.0769. The summed E-state index contributed by atoms with van der Waals surface area (Å²) in [5, 5.41) is 3.67. The number of carbonyl (C=O) groups is 1. The Morgan fingerprint density at radius 3 is 2.39 bits per heavy atom. The van der Waals surface area contributed by atoms with Gasteiger partial charge in [0, 0.05) is 34.0 Å². The van der Waals surface area contributed by atoms with Crippen molar-refractivity contribution in [1.29, 1.82) is 0 Å². The highest BCUT2D eigenvalue weighted by Gasteiger charge is 2.26. The number of rotatable bonds is 9. The number of imidazole rings is 1. The predicted octanol–water partition coefficient (Wildman–Crippen LogP) is 5.66. The summed E-state index contributed by atoms with van der Waals surface area (Å²) in [4.78, 5) is 17.7. The fourth-order valence-corrected chi connectivity index (χ4v) is 5.19. The Bertz CT molecular complexity index is 1490. The van der Waals surface area contributed by atoms with E-state index >= 15 is 0 Å². The van der Waals surface area contributed by atoms with Gasteiger partial charge in [-0.15, -0.1) is 6.58 Å². The third kappa shape index (κ3) is 5.85. The molecule has 0 aliphatic rings. The van der Waals surface area contributed by atoms with E-state index in [-0.39, 0.29) is 17.4 Å². The third-order valence-electron chi connectivity index (χ3n) is 5.22. The normalized spacial score (nSPS) is 11.4. The van der Waals surface area contributed by atoms with Gasteiger partial charge < -0.3 is 0 Å². The van der Waals surface area contributed by atoms with Gasteiger partial charge >= 0.3 is 0 Å². The molecule has 1 N–H and O–H groups in total. The van der Waals surface area contributed by atoms with Crippen LogP contribution in [0.3, 0.4) is 0 Å². The number of hydrogen-bond acceptors (Lipinski definition) is 4. The maximum Gasteiger partial charge on any atom is 0.243 e. The van der Waals surface area contributed by atoms with Crippen LogP contribution in [0, 0.1) is 0 Å². The summed E-state index contributed by atoms with van der Waals surface area (Å²) in [6.45, 7) is 3.12. The van der Waals surface area contributed by atoms with Crippen molar-refractivity contribution in [2.75, 3.05) is 18.4 Å². The maximum atomic E-state index is 13.2. The molecule has 0 radical (unpaired) electrons. The van der Waals surface area contributed by atoms with Crippen LogP contribution in [-0.4, -0.2) is 41.3 Å². The van der Waals surface area contributed by atoms with E-state index in [0.717, 1.165) is 9.87 Å². The van der Waals surface area contributed by atoms with Crippen LogP contribution in [0.15, 0.2) is 103 Å². The highest BCUT2D eigenvalue weighted by Crippen LogP contribution is 2.26. The molecule has 3 aromatic carbocycles. The third-order valence-corrected chi connectivity index (χ3v) is 7.53. The van der Waals surface area contributed by atoms with E-state index in [4.69, 9.17) is 23.2 Å². The Hall–Kier alpha value is -3.43. The first-order valence-electron chi connectivity index (χ1n) is 10.8. The van der Waals surface area contributed by atoms with Crippen LogP contribution in [0.1, 0.15) is 0 Å². The zero-order valence-electron chi connectivity index (χ0n) is 19.0. The zero-order valence-corrected chi connectivity index (χ0v) is 21.3. The topological polar surface area (TPSA) is 84.3 Å². The number of benzene rings is 3. The molecular weight excluding hydrogens is 519 g/mol. The van der Waals surface area contributed by atoms with Gasteiger partial charge in [0.15, 0.2) is 0 Å². The van der Waals surface area contributed by atoms with E-state index in [2.05, 4.69) is 16.9 Å². The quantitative estimate of drug-likeness (QED) is 0.277. The van der Waals surface area contributed by atoms with Gasteiger partial charge in [-0.3, -0.25) is 14.7 Å². The second kappa shape index (κ2) is 11.1. The maximum absolute atomic E-state index is 13.2. The molecule has 0 aliphatic heterocycles. The molecule has 4 rings (SSSR count). The molecule has 0 spiro atoms. The summed E-state index contributed by atoms with van der Waals surface area (Å²) in [5.41, 5.74) is 2.17. The van der Waals surface area contributed by atoms with Crippen molar-refractivity contribution in [1.82, 2.24) is 13.9 Å². The Morgan fingerprint density at radius 1 is 1.00 bits per heavy atom. The molecule has 4 aromatic rings. The zero-order chi connectivity index (χ0) is 25.7. The number of anilines is 1. The predicted molar refractivity (Wildman–Crippen MR) is 143 cm³/mol. The number of nitrogens with one attached hydrogen (secondary N) is 1. The van der Waals surface area contributed by atoms with Crippen LogP contribution >= 0.6 is 23.2 Å². The Balaban J connectivity index is 1.64. The minimum atomic E-state index is -3.98. The summed E-state index contributed by atoms with van der Waals surface area (Å²) in [6.07, 6.45) is 3.20. The molecule has 1 amide bonds. The number of sulfonamides is 1. The second-order valence-corrected chi connectivity index (χ2v) is 10.6. The first-order chi connectivity index (χ1) is 17.3. The molecule has 0 bridgehead atoms. The second-order valence-electron chi connectivity index (χ2n) is 7.75. The largest absolute Gasteiger partial charge is 0.294 e. The monoisotopic (exact) mass is 540 g/mol. The van der Waals surface area contributed by atoms with E-state index in [1.54, 1.807) is 29.0 Å². The smallest absolute Gasteiger partial charge is 0.243 e. The van der Waals surface area contributed by atoms with Gasteiger partial charge in [-0.2, -0.15) is 4.31 Å². The Morgan fingerprint density at radius 2 is 1.72 bits per heavy atom. The number of nitrogens with zero attached hydrogens (tertiary/aromatic N) is 3.